The molecule has 110 valence electrons. The van der Waals surface area contributed by atoms with Crippen LogP contribution >= 0.6 is 0 Å². The van der Waals surface area contributed by atoms with Gasteiger partial charge in [0.25, 0.3) is 0 Å². The third kappa shape index (κ3) is 4.91. The largest absolute Gasteiger partial charge is 0.493 e. The first kappa shape index (κ1) is 16.0. The maximum absolute atomic E-state index is 11.8. The third-order valence-corrected chi connectivity index (χ3v) is 3.06. The maximum Gasteiger partial charge on any atom is 0.308 e. The Morgan fingerprint density at radius 2 is 2.00 bits per heavy atom. The van der Waals surface area contributed by atoms with Gasteiger partial charge in [0.1, 0.15) is 5.75 Å². The number of aryl methyl sites for hydroxylation is 1. The zero-order valence-electron chi connectivity index (χ0n) is 12.1. The molecule has 1 aromatic carbocycles. The minimum absolute atomic E-state index is 0.119. The van der Waals surface area contributed by atoms with Crippen molar-refractivity contribution in [3.8, 4) is 5.75 Å². The zero-order chi connectivity index (χ0) is 15.1. The lowest BCUT2D eigenvalue weighted by Crippen LogP contribution is -2.34. The number of amides is 1. The SMILES string of the molecule is Cc1ccccc1OCCC(=O)N(C)CC(C)C(=O)O. The molecule has 20 heavy (non-hydrogen) atoms. The van der Waals surface area contributed by atoms with Crippen molar-refractivity contribution in [1.82, 2.24) is 4.90 Å². The smallest absolute Gasteiger partial charge is 0.308 e. The minimum Gasteiger partial charge on any atom is -0.493 e. The van der Waals surface area contributed by atoms with Gasteiger partial charge in [-0.3, -0.25) is 9.59 Å². The fourth-order valence-corrected chi connectivity index (χ4v) is 1.75. The Bertz CT molecular complexity index is 473. The fourth-order valence-electron chi connectivity index (χ4n) is 1.75. The number of ether oxygens (including phenoxy) is 1. The van der Waals surface area contributed by atoms with Crippen molar-refractivity contribution in [2.75, 3.05) is 20.2 Å². The van der Waals surface area contributed by atoms with E-state index < -0.39 is 11.9 Å². The van der Waals surface area contributed by atoms with Gasteiger partial charge >= 0.3 is 5.97 Å². The van der Waals surface area contributed by atoms with Crippen molar-refractivity contribution in [2.45, 2.75) is 20.3 Å². The van der Waals surface area contributed by atoms with Gasteiger partial charge in [0.05, 0.1) is 18.9 Å². The number of carbonyl (C=O) groups is 2. The van der Waals surface area contributed by atoms with E-state index in [9.17, 15) is 9.59 Å². The summed E-state index contributed by atoms with van der Waals surface area (Å²) in [5.74, 6) is -0.824. The molecule has 0 fully saturated rings. The molecule has 0 aliphatic rings. The Kier molecular flexibility index (Phi) is 6.03. The predicted octanol–water partition coefficient (Wildman–Crippen LogP) is 1.94. The van der Waals surface area contributed by atoms with Crippen LogP contribution in [-0.4, -0.2) is 42.1 Å². The average Bonchev–Trinajstić information content (AvgIpc) is 2.40. The van der Waals surface area contributed by atoms with E-state index in [0.29, 0.717) is 0 Å². The maximum atomic E-state index is 11.8. The number of para-hydroxylation sites is 1. The van der Waals surface area contributed by atoms with Crippen molar-refractivity contribution in [3.05, 3.63) is 29.8 Å². The second-order valence-electron chi connectivity index (χ2n) is 4.88. The lowest BCUT2D eigenvalue weighted by atomic mass is 10.2. The highest BCUT2D eigenvalue weighted by atomic mass is 16.5. The van der Waals surface area contributed by atoms with Crippen LogP contribution < -0.4 is 4.74 Å². The van der Waals surface area contributed by atoms with Gasteiger partial charge in [-0.25, -0.2) is 0 Å². The van der Waals surface area contributed by atoms with E-state index in [4.69, 9.17) is 9.84 Å². The summed E-state index contributed by atoms with van der Waals surface area (Å²) in [5.41, 5.74) is 1.02. The number of carboxylic acids is 1. The summed E-state index contributed by atoms with van der Waals surface area (Å²) in [6.45, 7) is 4.02. The molecule has 0 saturated heterocycles. The molecule has 0 aliphatic heterocycles. The summed E-state index contributed by atoms with van der Waals surface area (Å²) in [6, 6.07) is 7.60. The fraction of sp³-hybridized carbons (Fsp3) is 0.467. The highest BCUT2D eigenvalue weighted by molar-refractivity contribution is 5.77. The Hall–Kier alpha value is -2.04. The first-order valence-electron chi connectivity index (χ1n) is 6.57. The first-order valence-corrected chi connectivity index (χ1v) is 6.57. The number of hydrogen-bond acceptors (Lipinski definition) is 3. The van der Waals surface area contributed by atoms with Crippen LogP contribution in [0.3, 0.4) is 0 Å². The Morgan fingerprint density at radius 3 is 2.60 bits per heavy atom. The molecule has 5 nitrogen and oxygen atoms in total. The summed E-state index contributed by atoms with van der Waals surface area (Å²) in [7, 11) is 1.61. The van der Waals surface area contributed by atoms with Gasteiger partial charge in [0, 0.05) is 13.6 Å². The number of carbonyl (C=O) groups excluding carboxylic acids is 1. The molecule has 1 rings (SSSR count). The van der Waals surface area contributed by atoms with Crippen LogP contribution in [-0.2, 0) is 9.59 Å². The van der Waals surface area contributed by atoms with Crippen LogP contribution in [0, 0.1) is 12.8 Å². The quantitative estimate of drug-likeness (QED) is 0.828. The molecule has 0 bridgehead atoms. The van der Waals surface area contributed by atoms with Crippen molar-refractivity contribution in [1.29, 1.82) is 0 Å². The van der Waals surface area contributed by atoms with Gasteiger partial charge in [-0.05, 0) is 18.6 Å². The normalized spacial score (nSPS) is 11.8. The molecule has 0 spiro atoms. The van der Waals surface area contributed by atoms with Crippen LogP contribution in [0.4, 0.5) is 0 Å². The minimum atomic E-state index is -0.902. The van der Waals surface area contributed by atoms with E-state index in [1.165, 1.54) is 4.90 Å². The molecule has 5 heteroatoms. The molecule has 0 radical (unpaired) electrons. The van der Waals surface area contributed by atoms with Crippen molar-refractivity contribution >= 4 is 11.9 Å². The van der Waals surface area contributed by atoms with Gasteiger partial charge in [-0.2, -0.15) is 0 Å². The highest BCUT2D eigenvalue weighted by Gasteiger charge is 2.17. The molecular weight excluding hydrogens is 258 g/mol. The molecule has 0 aromatic heterocycles. The first-order chi connectivity index (χ1) is 9.41. The van der Waals surface area contributed by atoms with Crippen LogP contribution in [0.2, 0.25) is 0 Å². The molecule has 0 heterocycles. The summed E-state index contributed by atoms with van der Waals surface area (Å²) in [6.07, 6.45) is 0.233. The molecule has 1 unspecified atom stereocenters. The van der Waals surface area contributed by atoms with E-state index >= 15 is 0 Å². The van der Waals surface area contributed by atoms with Gasteiger partial charge in [0.15, 0.2) is 0 Å². The molecular formula is C15H21NO4. The van der Waals surface area contributed by atoms with Crippen molar-refractivity contribution in [2.24, 2.45) is 5.92 Å². The van der Waals surface area contributed by atoms with E-state index in [0.717, 1.165) is 11.3 Å². The van der Waals surface area contributed by atoms with Gasteiger partial charge in [-0.15, -0.1) is 0 Å². The van der Waals surface area contributed by atoms with Gasteiger partial charge in [0.2, 0.25) is 5.91 Å². The summed E-state index contributed by atoms with van der Waals surface area (Å²) < 4.78 is 5.55. The van der Waals surface area contributed by atoms with Crippen LogP contribution in [0.1, 0.15) is 18.9 Å². The lowest BCUT2D eigenvalue weighted by molar-refractivity contribution is -0.142. The van der Waals surface area contributed by atoms with E-state index in [2.05, 4.69) is 0 Å². The number of aliphatic carboxylic acids is 1. The molecule has 0 saturated carbocycles. The molecule has 1 aromatic rings. The highest BCUT2D eigenvalue weighted by Crippen LogP contribution is 2.16. The lowest BCUT2D eigenvalue weighted by Gasteiger charge is -2.19. The molecule has 0 aliphatic carbocycles. The van der Waals surface area contributed by atoms with Crippen LogP contribution in [0.5, 0.6) is 5.75 Å². The monoisotopic (exact) mass is 279 g/mol. The average molecular weight is 279 g/mol. The second kappa shape index (κ2) is 7.53. The number of rotatable bonds is 7. The Labute approximate surface area is 119 Å². The third-order valence-electron chi connectivity index (χ3n) is 3.06. The molecule has 1 amide bonds. The van der Waals surface area contributed by atoms with E-state index in [1.807, 2.05) is 31.2 Å². The predicted molar refractivity (Wildman–Crippen MR) is 75.7 cm³/mol. The van der Waals surface area contributed by atoms with Crippen LogP contribution in [0.25, 0.3) is 0 Å². The summed E-state index contributed by atoms with van der Waals surface area (Å²) in [4.78, 5) is 24.0. The number of benzene rings is 1. The van der Waals surface area contributed by atoms with Gasteiger partial charge < -0.3 is 14.7 Å². The number of nitrogens with zero attached hydrogens (tertiary/aromatic N) is 1. The molecule has 1 N–H and O–H groups in total. The standard InChI is InChI=1S/C15H21NO4/c1-11-6-4-5-7-13(11)20-9-8-14(17)16(3)10-12(2)15(18)19/h4-7,12H,8-10H2,1-3H3,(H,18,19). The van der Waals surface area contributed by atoms with Crippen molar-refractivity contribution < 1.29 is 19.4 Å². The van der Waals surface area contributed by atoms with Gasteiger partial charge in [-0.1, -0.05) is 25.1 Å². The zero-order valence-corrected chi connectivity index (χ0v) is 12.1. The Morgan fingerprint density at radius 1 is 1.35 bits per heavy atom. The topological polar surface area (TPSA) is 66.8 Å². The summed E-state index contributed by atoms with van der Waals surface area (Å²) in [5, 5.41) is 8.81. The number of hydrogen-bond donors (Lipinski definition) is 1. The molecule has 1 atom stereocenters. The summed E-state index contributed by atoms with van der Waals surface area (Å²) >= 11 is 0. The Balaban J connectivity index is 2.36. The van der Waals surface area contributed by atoms with Crippen LogP contribution in [0.15, 0.2) is 24.3 Å². The van der Waals surface area contributed by atoms with E-state index in [-0.39, 0.29) is 25.5 Å². The second-order valence-corrected chi connectivity index (χ2v) is 4.88. The van der Waals surface area contributed by atoms with E-state index in [1.54, 1.807) is 14.0 Å². The van der Waals surface area contributed by atoms with Crippen molar-refractivity contribution in [3.63, 3.8) is 0 Å². The number of carboxylic acid groups (broad SMARTS) is 1.